The van der Waals surface area contributed by atoms with Gasteiger partial charge in [0.25, 0.3) is 0 Å². The van der Waals surface area contributed by atoms with Crippen molar-refractivity contribution in [2.75, 3.05) is 13.1 Å². The minimum atomic E-state index is -0.401. The Kier molecular flexibility index (Phi) is 3.86. The molecule has 20 heavy (non-hydrogen) atoms. The molecule has 2 aromatic rings. The molecule has 0 amide bonds. The molecular formula is C11H14BCl2N5O. The van der Waals surface area contributed by atoms with Crippen molar-refractivity contribution in [3.05, 3.63) is 16.8 Å². The van der Waals surface area contributed by atoms with Gasteiger partial charge in [0.2, 0.25) is 5.28 Å². The van der Waals surface area contributed by atoms with Crippen LogP contribution in [0.1, 0.15) is 18.9 Å². The number of hydrogen-bond acceptors (Lipinski definition) is 5. The van der Waals surface area contributed by atoms with Gasteiger partial charge >= 0.3 is 7.05 Å². The molecule has 106 valence electrons. The highest BCUT2D eigenvalue weighted by molar-refractivity contribution is 6.45. The first-order chi connectivity index (χ1) is 9.56. The minimum Gasteiger partial charge on any atom is -0.437 e. The molecule has 0 bridgehead atoms. The molecule has 0 aromatic carbocycles. The van der Waals surface area contributed by atoms with Crippen LogP contribution in [-0.2, 0) is 0 Å². The average Bonchev–Trinajstić information content (AvgIpc) is 2.82. The van der Waals surface area contributed by atoms with Crippen LogP contribution in [0.5, 0.6) is 0 Å². The van der Waals surface area contributed by atoms with Crippen LogP contribution in [0.25, 0.3) is 11.2 Å². The van der Waals surface area contributed by atoms with Gasteiger partial charge in [0.15, 0.2) is 10.8 Å². The van der Waals surface area contributed by atoms with Gasteiger partial charge in [0, 0.05) is 6.04 Å². The molecule has 0 atom stereocenters. The fraction of sp³-hybridized carbons (Fsp3) is 0.545. The van der Waals surface area contributed by atoms with E-state index in [0.29, 0.717) is 11.2 Å². The summed E-state index contributed by atoms with van der Waals surface area (Å²) in [4.78, 5) is 14.5. The van der Waals surface area contributed by atoms with Gasteiger partial charge in [0.05, 0.1) is 6.33 Å². The van der Waals surface area contributed by atoms with Crippen molar-refractivity contribution in [3.63, 3.8) is 0 Å². The van der Waals surface area contributed by atoms with E-state index >= 15 is 0 Å². The predicted octanol–water partition coefficient (Wildman–Crippen LogP) is 1.88. The number of aromatic nitrogens is 4. The van der Waals surface area contributed by atoms with E-state index in [4.69, 9.17) is 23.2 Å². The molecule has 1 fully saturated rings. The summed E-state index contributed by atoms with van der Waals surface area (Å²) in [7, 11) is -0.401. The molecule has 1 N–H and O–H groups in total. The minimum absolute atomic E-state index is 0.130. The summed E-state index contributed by atoms with van der Waals surface area (Å²) in [5, 5.41) is 10.00. The second-order valence-electron chi connectivity index (χ2n) is 5.01. The fourth-order valence-electron chi connectivity index (χ4n) is 2.66. The molecule has 6 nitrogen and oxygen atoms in total. The zero-order valence-corrected chi connectivity index (χ0v) is 12.5. The molecule has 1 aliphatic heterocycles. The van der Waals surface area contributed by atoms with Crippen molar-refractivity contribution >= 4 is 41.4 Å². The molecule has 3 heterocycles. The zero-order chi connectivity index (χ0) is 14.3. The lowest BCUT2D eigenvalue weighted by Crippen LogP contribution is -2.43. The second kappa shape index (κ2) is 5.48. The number of nitrogens with zero attached hydrogens (tertiary/aromatic N) is 5. The highest BCUT2D eigenvalue weighted by atomic mass is 35.5. The van der Waals surface area contributed by atoms with E-state index in [-0.39, 0.29) is 16.5 Å². The smallest absolute Gasteiger partial charge is 0.376 e. The van der Waals surface area contributed by atoms with Crippen LogP contribution < -0.4 is 0 Å². The quantitative estimate of drug-likeness (QED) is 0.521. The lowest BCUT2D eigenvalue weighted by Gasteiger charge is -2.33. The second-order valence-corrected chi connectivity index (χ2v) is 5.70. The molecule has 9 heteroatoms. The van der Waals surface area contributed by atoms with E-state index < -0.39 is 7.05 Å². The highest BCUT2D eigenvalue weighted by Gasteiger charge is 2.26. The van der Waals surface area contributed by atoms with Gasteiger partial charge < -0.3 is 14.4 Å². The third kappa shape index (κ3) is 2.51. The van der Waals surface area contributed by atoms with Gasteiger partial charge in [-0.15, -0.1) is 0 Å². The normalized spacial score (nSPS) is 17.8. The van der Waals surface area contributed by atoms with Crippen molar-refractivity contribution in [3.8, 4) is 0 Å². The number of piperidine rings is 1. The summed E-state index contributed by atoms with van der Waals surface area (Å²) in [5.41, 5.74) is 1.25. The van der Waals surface area contributed by atoms with Crippen molar-refractivity contribution < 1.29 is 5.02 Å². The first-order valence-corrected chi connectivity index (χ1v) is 7.29. The topological polar surface area (TPSA) is 67.1 Å². The number of rotatable bonds is 2. The zero-order valence-electron chi connectivity index (χ0n) is 11.0. The van der Waals surface area contributed by atoms with E-state index in [1.54, 1.807) is 13.2 Å². The lowest BCUT2D eigenvalue weighted by molar-refractivity contribution is 0.254. The predicted molar refractivity (Wildman–Crippen MR) is 79.0 cm³/mol. The number of fused-ring (bicyclic) bond motifs is 1. The third-order valence-electron chi connectivity index (χ3n) is 3.77. The third-order valence-corrected chi connectivity index (χ3v) is 4.21. The van der Waals surface area contributed by atoms with Crippen molar-refractivity contribution in [1.82, 2.24) is 24.3 Å². The summed E-state index contributed by atoms with van der Waals surface area (Å²) in [6.45, 7) is 3.48. The van der Waals surface area contributed by atoms with Gasteiger partial charge in [0.1, 0.15) is 5.52 Å². The SMILES string of the molecule is CB(O)N1CCC(n2cnc3c(Cl)nc(Cl)nc32)CC1. The van der Waals surface area contributed by atoms with Crippen molar-refractivity contribution in [2.24, 2.45) is 0 Å². The largest absolute Gasteiger partial charge is 0.437 e. The van der Waals surface area contributed by atoms with E-state index in [9.17, 15) is 5.02 Å². The molecule has 0 spiro atoms. The Balaban J connectivity index is 1.88. The van der Waals surface area contributed by atoms with Crippen LogP contribution >= 0.6 is 23.2 Å². The van der Waals surface area contributed by atoms with E-state index in [2.05, 4.69) is 15.0 Å². The molecule has 1 aliphatic rings. The maximum absolute atomic E-state index is 9.59. The van der Waals surface area contributed by atoms with Crippen LogP contribution in [0, 0.1) is 0 Å². The molecule has 3 rings (SSSR count). The Hall–Kier alpha value is -0.885. The molecule has 0 radical (unpaired) electrons. The van der Waals surface area contributed by atoms with Crippen LogP contribution in [-0.4, -0.2) is 49.5 Å². The molecule has 0 aliphatic carbocycles. The molecule has 2 aromatic heterocycles. The molecular weight excluding hydrogens is 300 g/mol. The number of halogens is 2. The van der Waals surface area contributed by atoms with E-state index in [1.165, 1.54) is 0 Å². The first-order valence-electron chi connectivity index (χ1n) is 6.54. The van der Waals surface area contributed by atoms with Crippen LogP contribution in [0.2, 0.25) is 17.3 Å². The Morgan fingerprint density at radius 1 is 1.30 bits per heavy atom. The maximum atomic E-state index is 9.59. The van der Waals surface area contributed by atoms with Gasteiger partial charge in [-0.25, -0.2) is 9.97 Å². The van der Waals surface area contributed by atoms with Crippen LogP contribution in [0.15, 0.2) is 6.33 Å². The summed E-state index contributed by atoms with van der Waals surface area (Å²) < 4.78 is 2.01. The summed E-state index contributed by atoms with van der Waals surface area (Å²) >= 11 is 11.9. The number of hydrogen-bond donors (Lipinski definition) is 1. The highest BCUT2D eigenvalue weighted by Crippen LogP contribution is 2.28. The van der Waals surface area contributed by atoms with Crippen molar-refractivity contribution in [1.29, 1.82) is 0 Å². The Labute approximate surface area is 126 Å². The van der Waals surface area contributed by atoms with Crippen LogP contribution in [0.4, 0.5) is 0 Å². The number of imidazole rings is 1. The fourth-order valence-corrected chi connectivity index (χ4v) is 3.08. The monoisotopic (exact) mass is 313 g/mol. The summed E-state index contributed by atoms with van der Waals surface area (Å²) in [5.74, 6) is 0. The summed E-state index contributed by atoms with van der Waals surface area (Å²) in [6, 6.07) is 0.289. The van der Waals surface area contributed by atoms with Gasteiger partial charge in [-0.1, -0.05) is 11.6 Å². The Morgan fingerprint density at radius 3 is 2.65 bits per heavy atom. The molecule has 0 unspecified atom stereocenters. The maximum Gasteiger partial charge on any atom is 0.376 e. The van der Waals surface area contributed by atoms with Crippen LogP contribution in [0.3, 0.4) is 0 Å². The van der Waals surface area contributed by atoms with E-state index in [0.717, 1.165) is 25.9 Å². The molecule has 1 saturated heterocycles. The van der Waals surface area contributed by atoms with Crippen molar-refractivity contribution in [2.45, 2.75) is 25.7 Å². The standard InChI is InChI=1S/C11H14BCl2N5O/c1-12(20)18-4-2-7(3-5-18)19-6-15-8-9(13)16-11(14)17-10(8)19/h6-7,20H,2-5H2,1H3. The summed E-state index contributed by atoms with van der Waals surface area (Å²) in [6.07, 6.45) is 3.59. The van der Waals surface area contributed by atoms with Gasteiger partial charge in [-0.05, 0) is 44.4 Å². The Bertz CT molecular complexity index is 627. The lowest BCUT2D eigenvalue weighted by atomic mass is 9.82. The van der Waals surface area contributed by atoms with Gasteiger partial charge in [-0.2, -0.15) is 4.98 Å². The first kappa shape index (κ1) is 14.1. The van der Waals surface area contributed by atoms with Gasteiger partial charge in [-0.3, -0.25) is 0 Å². The Morgan fingerprint density at radius 2 is 2.00 bits per heavy atom. The average molecular weight is 314 g/mol. The van der Waals surface area contributed by atoms with E-state index in [1.807, 2.05) is 9.38 Å². The molecule has 0 saturated carbocycles.